The van der Waals surface area contributed by atoms with Gasteiger partial charge in [0, 0.05) is 19.5 Å². The molecule has 0 bridgehead atoms. The molecular formula is C31H35BrCl2N2O3. The van der Waals surface area contributed by atoms with Gasteiger partial charge in [-0.05, 0) is 69.2 Å². The second-order valence-electron chi connectivity index (χ2n) is 9.75. The second-order valence-corrected chi connectivity index (χ2v) is 11.4. The van der Waals surface area contributed by atoms with Crippen LogP contribution in [0.5, 0.6) is 5.75 Å². The number of rotatable bonds is 13. The maximum Gasteiger partial charge on any atom is 0.261 e. The van der Waals surface area contributed by atoms with Crippen LogP contribution in [0.4, 0.5) is 0 Å². The predicted molar refractivity (Wildman–Crippen MR) is 163 cm³/mol. The average Bonchev–Trinajstić information content (AvgIpc) is 2.92. The Hall–Kier alpha value is -2.54. The summed E-state index contributed by atoms with van der Waals surface area (Å²) in [5.41, 5.74) is 2.88. The number of carbonyl (C=O) groups excluding carboxylic acids is 2. The monoisotopic (exact) mass is 632 g/mol. The normalized spacial score (nSPS) is 11.8. The lowest BCUT2D eigenvalue weighted by Crippen LogP contribution is -2.51. The summed E-state index contributed by atoms with van der Waals surface area (Å²) in [4.78, 5) is 28.9. The molecule has 0 aliphatic carbocycles. The van der Waals surface area contributed by atoms with Crippen LogP contribution in [-0.2, 0) is 22.6 Å². The molecule has 0 spiro atoms. The van der Waals surface area contributed by atoms with E-state index in [9.17, 15) is 9.59 Å². The molecule has 1 atom stereocenters. The van der Waals surface area contributed by atoms with Crippen LogP contribution < -0.4 is 10.1 Å². The molecule has 3 aromatic carbocycles. The standard InChI is InChI=1S/C31H35BrCl2N2O3/c1-4-5-15-35-31(38)28(17-22-9-7-6-8-10-22)36(19-23-11-13-26(33)27(34)16-23)30(37)20-39-29-14-12-24(21(2)3)18-25(29)32/h6-14,16,18,21,28H,4-5,15,17,19-20H2,1-3H3,(H,35,38)/t28-/m0/s1. The van der Waals surface area contributed by atoms with Gasteiger partial charge >= 0.3 is 0 Å². The van der Waals surface area contributed by atoms with Crippen LogP contribution in [0.1, 0.15) is 56.2 Å². The summed E-state index contributed by atoms with van der Waals surface area (Å²) in [7, 11) is 0. The molecule has 0 fully saturated rings. The van der Waals surface area contributed by atoms with Crippen LogP contribution in [0.2, 0.25) is 10.0 Å². The van der Waals surface area contributed by atoms with Crippen molar-refractivity contribution in [2.75, 3.05) is 13.2 Å². The first-order chi connectivity index (χ1) is 18.7. The number of benzene rings is 3. The molecule has 0 unspecified atom stereocenters. The summed E-state index contributed by atoms with van der Waals surface area (Å²) < 4.78 is 6.73. The van der Waals surface area contributed by atoms with E-state index < -0.39 is 6.04 Å². The summed E-state index contributed by atoms with van der Waals surface area (Å²) in [6.07, 6.45) is 2.17. The lowest BCUT2D eigenvalue weighted by Gasteiger charge is -2.31. The topological polar surface area (TPSA) is 58.6 Å². The lowest BCUT2D eigenvalue weighted by molar-refractivity contribution is -0.142. The SMILES string of the molecule is CCCCNC(=O)[C@H](Cc1ccccc1)N(Cc1ccc(Cl)c(Cl)c1)C(=O)COc1ccc(C(C)C)cc1Br. The molecule has 8 heteroatoms. The van der Waals surface area contributed by atoms with Gasteiger partial charge in [0.2, 0.25) is 5.91 Å². The molecule has 39 heavy (non-hydrogen) atoms. The molecule has 0 heterocycles. The number of unbranched alkanes of at least 4 members (excludes halogenated alkanes) is 1. The van der Waals surface area contributed by atoms with Gasteiger partial charge in [-0.3, -0.25) is 9.59 Å². The van der Waals surface area contributed by atoms with Crippen molar-refractivity contribution < 1.29 is 14.3 Å². The number of amides is 2. The Bertz CT molecular complexity index is 1250. The van der Waals surface area contributed by atoms with E-state index in [0.717, 1.165) is 34.0 Å². The predicted octanol–water partition coefficient (Wildman–Crippen LogP) is 7.81. The molecule has 1 N–H and O–H groups in total. The van der Waals surface area contributed by atoms with Gasteiger partial charge in [0.15, 0.2) is 6.61 Å². The molecule has 208 valence electrons. The number of nitrogens with one attached hydrogen (secondary N) is 1. The first-order valence-electron chi connectivity index (χ1n) is 13.2. The van der Waals surface area contributed by atoms with Gasteiger partial charge in [0.1, 0.15) is 11.8 Å². The number of nitrogens with zero attached hydrogens (tertiary/aromatic N) is 1. The van der Waals surface area contributed by atoms with Crippen molar-refractivity contribution in [3.8, 4) is 5.75 Å². The molecule has 5 nitrogen and oxygen atoms in total. The Morgan fingerprint density at radius 1 is 0.974 bits per heavy atom. The Morgan fingerprint density at radius 3 is 2.36 bits per heavy atom. The second kappa shape index (κ2) is 15.3. The van der Waals surface area contributed by atoms with Crippen LogP contribution in [-0.4, -0.2) is 35.9 Å². The number of hydrogen-bond donors (Lipinski definition) is 1. The van der Waals surface area contributed by atoms with E-state index in [1.54, 1.807) is 17.0 Å². The fraction of sp³-hybridized carbons (Fsp3) is 0.355. The molecular weight excluding hydrogens is 599 g/mol. The molecule has 0 radical (unpaired) electrons. The zero-order chi connectivity index (χ0) is 28.4. The summed E-state index contributed by atoms with van der Waals surface area (Å²) in [6.45, 7) is 6.79. The highest BCUT2D eigenvalue weighted by atomic mass is 79.9. The number of carbonyl (C=O) groups is 2. The van der Waals surface area contributed by atoms with Crippen molar-refractivity contribution in [3.63, 3.8) is 0 Å². The van der Waals surface area contributed by atoms with Crippen LogP contribution in [0, 0.1) is 0 Å². The third kappa shape index (κ3) is 9.26. The van der Waals surface area contributed by atoms with Crippen LogP contribution >= 0.6 is 39.1 Å². The van der Waals surface area contributed by atoms with Crippen molar-refractivity contribution in [2.45, 2.75) is 58.5 Å². The summed E-state index contributed by atoms with van der Waals surface area (Å²) >= 11 is 16.0. The minimum Gasteiger partial charge on any atom is -0.483 e. The molecule has 0 aliphatic heterocycles. The minimum atomic E-state index is -0.749. The molecule has 3 aromatic rings. The highest BCUT2D eigenvalue weighted by molar-refractivity contribution is 9.10. The molecule has 0 aromatic heterocycles. The number of halogens is 3. The highest BCUT2D eigenvalue weighted by Gasteiger charge is 2.31. The largest absolute Gasteiger partial charge is 0.483 e. The molecule has 3 rings (SSSR count). The van der Waals surface area contributed by atoms with Crippen molar-refractivity contribution in [2.24, 2.45) is 0 Å². The van der Waals surface area contributed by atoms with Gasteiger partial charge in [-0.25, -0.2) is 0 Å². The fourth-order valence-corrected chi connectivity index (χ4v) is 4.94. The Balaban J connectivity index is 1.91. The van der Waals surface area contributed by atoms with Gasteiger partial charge in [0.25, 0.3) is 5.91 Å². The Labute approximate surface area is 250 Å². The summed E-state index contributed by atoms with van der Waals surface area (Å²) in [6, 6.07) is 20.0. The molecule has 2 amide bonds. The Kier molecular flexibility index (Phi) is 12.2. The maximum absolute atomic E-state index is 13.8. The summed E-state index contributed by atoms with van der Waals surface area (Å²) in [5.74, 6) is 0.411. The smallest absolute Gasteiger partial charge is 0.261 e. The van der Waals surface area contributed by atoms with E-state index in [-0.39, 0.29) is 25.0 Å². The van der Waals surface area contributed by atoms with Crippen LogP contribution in [0.25, 0.3) is 0 Å². The zero-order valence-corrected chi connectivity index (χ0v) is 25.7. The van der Waals surface area contributed by atoms with Crippen LogP contribution in [0.3, 0.4) is 0 Å². The van der Waals surface area contributed by atoms with Crippen LogP contribution in [0.15, 0.2) is 71.2 Å². The van der Waals surface area contributed by atoms with Gasteiger partial charge < -0.3 is 15.0 Å². The quantitative estimate of drug-likeness (QED) is 0.195. The Morgan fingerprint density at radius 2 is 1.72 bits per heavy atom. The number of hydrogen-bond acceptors (Lipinski definition) is 3. The molecule has 0 saturated carbocycles. The van der Waals surface area contributed by atoms with Gasteiger partial charge in [-0.2, -0.15) is 0 Å². The molecule has 0 saturated heterocycles. The first-order valence-corrected chi connectivity index (χ1v) is 14.7. The zero-order valence-electron chi connectivity index (χ0n) is 22.6. The summed E-state index contributed by atoms with van der Waals surface area (Å²) in [5, 5.41) is 3.83. The van der Waals surface area contributed by atoms with E-state index in [0.29, 0.717) is 34.7 Å². The average molecular weight is 634 g/mol. The number of ether oxygens (including phenoxy) is 1. The van der Waals surface area contributed by atoms with E-state index in [1.165, 1.54) is 0 Å². The van der Waals surface area contributed by atoms with Gasteiger partial charge in [0.05, 0.1) is 14.5 Å². The van der Waals surface area contributed by atoms with E-state index in [1.807, 2.05) is 54.6 Å². The van der Waals surface area contributed by atoms with E-state index in [4.69, 9.17) is 27.9 Å². The molecule has 0 aliphatic rings. The van der Waals surface area contributed by atoms with Crippen molar-refractivity contribution in [3.05, 3.63) is 97.9 Å². The van der Waals surface area contributed by atoms with Gasteiger partial charge in [-0.15, -0.1) is 0 Å². The highest BCUT2D eigenvalue weighted by Crippen LogP contribution is 2.29. The third-order valence-corrected chi connectivity index (χ3v) is 7.77. The van der Waals surface area contributed by atoms with Gasteiger partial charge in [-0.1, -0.05) is 92.9 Å². The fourth-order valence-electron chi connectivity index (χ4n) is 4.11. The van der Waals surface area contributed by atoms with Crippen molar-refractivity contribution in [1.82, 2.24) is 10.2 Å². The first kappa shape index (κ1) is 31.0. The van der Waals surface area contributed by atoms with Crippen molar-refractivity contribution >= 4 is 50.9 Å². The third-order valence-electron chi connectivity index (χ3n) is 6.41. The van der Waals surface area contributed by atoms with Crippen molar-refractivity contribution in [1.29, 1.82) is 0 Å². The van der Waals surface area contributed by atoms with E-state index in [2.05, 4.69) is 42.0 Å². The minimum absolute atomic E-state index is 0.172. The van der Waals surface area contributed by atoms with E-state index >= 15 is 0 Å². The lowest BCUT2D eigenvalue weighted by atomic mass is 10.0. The maximum atomic E-state index is 13.8.